The second-order valence-electron chi connectivity index (χ2n) is 8.45. The second-order valence-corrected chi connectivity index (χ2v) is 8.83. The van der Waals surface area contributed by atoms with Crippen LogP contribution < -0.4 is 10.3 Å². The molecule has 0 aliphatic heterocycles. The number of carbonyl (C=O) groups excluding carboxylic acids is 1. The van der Waals surface area contributed by atoms with Gasteiger partial charge in [0, 0.05) is 23.6 Å². The summed E-state index contributed by atoms with van der Waals surface area (Å²) >= 11 is 6.19. The molecule has 0 saturated heterocycles. The van der Waals surface area contributed by atoms with Gasteiger partial charge in [-0.2, -0.15) is 0 Å². The molecular weight excluding hydrogens is 466 g/mol. The molecule has 1 aliphatic rings. The first-order chi connectivity index (χ1) is 16.2. The van der Waals surface area contributed by atoms with Crippen LogP contribution >= 0.6 is 11.6 Å². The van der Waals surface area contributed by atoms with Gasteiger partial charge in [0.05, 0.1) is 11.8 Å². The Morgan fingerprint density at radius 1 is 1.24 bits per heavy atom. The molecular formula is C25H23ClF2N2O4. The standard InChI is InChI=1S/C25H23ClF2N2O4/c1-14-5-6-16(22(32)10-15-3-2-4-21(15)31)9-20(14)30-13-29-24(23(26)25(30)33)34-12-17-7-8-18(27)11-19(17)28/h5-9,11,13,15,21,31H,2-4,10,12H2,1H3/t15-,21+/m1/s1. The summed E-state index contributed by atoms with van der Waals surface area (Å²) in [7, 11) is 0. The summed E-state index contributed by atoms with van der Waals surface area (Å²) in [5.41, 5.74) is 1.05. The molecule has 0 spiro atoms. The van der Waals surface area contributed by atoms with Crippen molar-refractivity contribution in [1.82, 2.24) is 9.55 Å². The van der Waals surface area contributed by atoms with E-state index in [-0.39, 0.29) is 41.2 Å². The number of halogens is 3. The molecule has 1 heterocycles. The van der Waals surface area contributed by atoms with E-state index >= 15 is 0 Å². The molecule has 0 amide bonds. The Bertz CT molecular complexity index is 1290. The smallest absolute Gasteiger partial charge is 0.280 e. The lowest BCUT2D eigenvalue weighted by Gasteiger charge is -2.15. The van der Waals surface area contributed by atoms with Crippen molar-refractivity contribution in [2.45, 2.75) is 45.3 Å². The summed E-state index contributed by atoms with van der Waals surface area (Å²) in [5, 5.41) is 9.72. The van der Waals surface area contributed by atoms with E-state index in [0.29, 0.717) is 17.7 Å². The number of carbonyl (C=O) groups is 1. The zero-order valence-electron chi connectivity index (χ0n) is 18.4. The number of nitrogens with zero attached hydrogens (tertiary/aromatic N) is 2. The van der Waals surface area contributed by atoms with Gasteiger partial charge in [0.2, 0.25) is 5.88 Å². The van der Waals surface area contributed by atoms with Crippen LogP contribution in [0.1, 0.15) is 47.2 Å². The third-order valence-corrected chi connectivity index (χ3v) is 6.44. The fraction of sp³-hybridized carbons (Fsp3) is 0.320. The number of hydrogen-bond acceptors (Lipinski definition) is 5. The Balaban J connectivity index is 1.57. The number of hydrogen-bond donors (Lipinski definition) is 1. The number of rotatable bonds is 7. The molecule has 1 N–H and O–H groups in total. The summed E-state index contributed by atoms with van der Waals surface area (Å²) in [6.45, 7) is 1.49. The lowest BCUT2D eigenvalue weighted by atomic mass is 9.94. The molecule has 1 fully saturated rings. The summed E-state index contributed by atoms with van der Waals surface area (Å²) in [6.07, 6.45) is 3.43. The van der Waals surface area contributed by atoms with Gasteiger partial charge in [0.15, 0.2) is 10.8 Å². The van der Waals surface area contributed by atoms with Crippen molar-refractivity contribution >= 4 is 17.4 Å². The number of aliphatic hydroxyl groups excluding tert-OH is 1. The Kier molecular flexibility index (Phi) is 7.09. The van der Waals surface area contributed by atoms with E-state index in [0.717, 1.165) is 30.5 Å². The van der Waals surface area contributed by atoms with Gasteiger partial charge in [-0.1, -0.05) is 30.2 Å². The molecule has 2 atom stereocenters. The molecule has 1 aliphatic carbocycles. The highest BCUT2D eigenvalue weighted by Crippen LogP contribution is 2.30. The van der Waals surface area contributed by atoms with Crippen LogP contribution in [0.15, 0.2) is 47.5 Å². The van der Waals surface area contributed by atoms with Crippen LogP contribution in [0.2, 0.25) is 5.02 Å². The minimum absolute atomic E-state index is 0.0570. The second kappa shape index (κ2) is 10.0. The molecule has 4 rings (SSSR count). The van der Waals surface area contributed by atoms with E-state index in [4.69, 9.17) is 16.3 Å². The normalized spacial score (nSPS) is 17.7. The fourth-order valence-corrected chi connectivity index (χ4v) is 4.32. The van der Waals surface area contributed by atoms with Crippen molar-refractivity contribution in [3.05, 3.63) is 86.4 Å². The Labute approximate surface area is 199 Å². The van der Waals surface area contributed by atoms with Crippen molar-refractivity contribution in [1.29, 1.82) is 0 Å². The number of benzene rings is 2. The minimum Gasteiger partial charge on any atom is -0.471 e. The lowest BCUT2D eigenvalue weighted by molar-refractivity contribution is 0.0868. The molecule has 3 aromatic rings. The van der Waals surface area contributed by atoms with Gasteiger partial charge in [-0.05, 0) is 49.4 Å². The van der Waals surface area contributed by atoms with Crippen LogP contribution in [0.25, 0.3) is 5.69 Å². The van der Waals surface area contributed by atoms with E-state index in [1.54, 1.807) is 25.1 Å². The first kappa shape index (κ1) is 24.0. The monoisotopic (exact) mass is 488 g/mol. The number of ketones is 1. The molecule has 0 unspecified atom stereocenters. The van der Waals surface area contributed by atoms with Crippen molar-refractivity contribution in [2.24, 2.45) is 5.92 Å². The first-order valence-corrected chi connectivity index (χ1v) is 11.3. The van der Waals surface area contributed by atoms with Gasteiger partial charge in [0.25, 0.3) is 5.56 Å². The van der Waals surface area contributed by atoms with Gasteiger partial charge in [-0.15, -0.1) is 0 Å². The predicted octanol–water partition coefficient (Wildman–Crippen LogP) is 4.79. The van der Waals surface area contributed by atoms with Crippen LogP contribution in [0.3, 0.4) is 0 Å². The van der Waals surface area contributed by atoms with Crippen LogP contribution in [0, 0.1) is 24.5 Å². The van der Waals surface area contributed by atoms with Crippen LogP contribution in [-0.4, -0.2) is 26.5 Å². The zero-order valence-corrected chi connectivity index (χ0v) is 19.2. The third-order valence-electron chi connectivity index (χ3n) is 6.12. The van der Waals surface area contributed by atoms with Gasteiger partial charge < -0.3 is 9.84 Å². The summed E-state index contributed by atoms with van der Waals surface area (Å²) in [4.78, 5) is 29.8. The van der Waals surface area contributed by atoms with Gasteiger partial charge in [-0.3, -0.25) is 14.2 Å². The molecule has 6 nitrogen and oxygen atoms in total. The van der Waals surface area contributed by atoms with E-state index in [2.05, 4.69) is 4.98 Å². The average Bonchev–Trinajstić information content (AvgIpc) is 3.20. The van der Waals surface area contributed by atoms with Gasteiger partial charge in [-0.25, -0.2) is 13.8 Å². The quantitative estimate of drug-likeness (QED) is 0.484. The molecule has 34 heavy (non-hydrogen) atoms. The van der Waals surface area contributed by atoms with E-state index in [1.807, 2.05) is 0 Å². The number of Topliss-reactive ketones (excluding diaryl/α,β-unsaturated/α-hetero) is 1. The topological polar surface area (TPSA) is 81.4 Å². The third kappa shape index (κ3) is 5.03. The molecule has 0 radical (unpaired) electrons. The molecule has 1 aromatic heterocycles. The lowest BCUT2D eigenvalue weighted by Crippen LogP contribution is -2.22. The highest BCUT2D eigenvalue weighted by molar-refractivity contribution is 6.31. The average molecular weight is 489 g/mol. The largest absolute Gasteiger partial charge is 0.471 e. The van der Waals surface area contributed by atoms with E-state index in [9.17, 15) is 23.5 Å². The number of aromatic nitrogens is 2. The van der Waals surface area contributed by atoms with Crippen LogP contribution in [-0.2, 0) is 6.61 Å². The fourth-order valence-electron chi connectivity index (χ4n) is 4.13. The molecule has 178 valence electrons. The minimum atomic E-state index is -0.785. The number of ether oxygens (including phenoxy) is 1. The van der Waals surface area contributed by atoms with Crippen molar-refractivity contribution < 1.29 is 23.4 Å². The first-order valence-electron chi connectivity index (χ1n) is 10.9. The summed E-state index contributed by atoms with van der Waals surface area (Å²) in [5.74, 6) is -1.85. The Hall–Kier alpha value is -3.10. The highest BCUT2D eigenvalue weighted by atomic mass is 35.5. The van der Waals surface area contributed by atoms with Gasteiger partial charge in [0.1, 0.15) is 24.6 Å². The van der Waals surface area contributed by atoms with Crippen molar-refractivity contribution in [3.8, 4) is 11.6 Å². The maximum absolute atomic E-state index is 13.8. The van der Waals surface area contributed by atoms with E-state index < -0.39 is 23.3 Å². The Morgan fingerprint density at radius 2 is 2.03 bits per heavy atom. The maximum atomic E-state index is 13.8. The van der Waals surface area contributed by atoms with Crippen LogP contribution in [0.4, 0.5) is 8.78 Å². The maximum Gasteiger partial charge on any atom is 0.280 e. The zero-order chi connectivity index (χ0) is 24.4. The molecule has 1 saturated carbocycles. The molecule has 0 bridgehead atoms. The highest BCUT2D eigenvalue weighted by Gasteiger charge is 2.28. The summed E-state index contributed by atoms with van der Waals surface area (Å²) in [6, 6.07) is 8.09. The number of aryl methyl sites for hydroxylation is 1. The molecule has 2 aromatic carbocycles. The van der Waals surface area contributed by atoms with E-state index in [1.165, 1.54) is 17.0 Å². The van der Waals surface area contributed by atoms with Gasteiger partial charge >= 0.3 is 0 Å². The predicted molar refractivity (Wildman–Crippen MR) is 123 cm³/mol. The SMILES string of the molecule is Cc1ccc(C(=O)C[C@H]2CCC[C@@H]2O)cc1-n1cnc(OCc2ccc(F)cc2F)c(Cl)c1=O. The van der Waals surface area contributed by atoms with Crippen molar-refractivity contribution in [3.63, 3.8) is 0 Å². The summed E-state index contributed by atoms with van der Waals surface area (Å²) < 4.78 is 33.5. The van der Waals surface area contributed by atoms with Crippen LogP contribution in [0.5, 0.6) is 5.88 Å². The molecule has 9 heteroatoms. The van der Waals surface area contributed by atoms with Crippen molar-refractivity contribution in [2.75, 3.05) is 0 Å². The Morgan fingerprint density at radius 3 is 2.74 bits per heavy atom. The number of aliphatic hydroxyl groups is 1.